The lowest BCUT2D eigenvalue weighted by Gasteiger charge is -2.40. The summed E-state index contributed by atoms with van der Waals surface area (Å²) < 4.78 is 1.20. The van der Waals surface area contributed by atoms with Gasteiger partial charge < -0.3 is 5.11 Å². The number of piperidine rings is 1. The van der Waals surface area contributed by atoms with E-state index < -0.39 is 0 Å². The fourth-order valence-corrected chi connectivity index (χ4v) is 4.37. The largest absolute Gasteiger partial charge is 0.393 e. The summed E-state index contributed by atoms with van der Waals surface area (Å²) in [7, 11) is 0. The number of nitrogens with zero attached hydrogens (tertiary/aromatic N) is 1. The van der Waals surface area contributed by atoms with Crippen molar-refractivity contribution in [2.24, 2.45) is 5.92 Å². The van der Waals surface area contributed by atoms with E-state index in [1.807, 2.05) is 0 Å². The van der Waals surface area contributed by atoms with Crippen molar-refractivity contribution in [3.05, 3.63) is 34.3 Å². The van der Waals surface area contributed by atoms with E-state index in [9.17, 15) is 5.11 Å². The van der Waals surface area contributed by atoms with Crippen LogP contribution < -0.4 is 0 Å². The van der Waals surface area contributed by atoms with E-state index in [4.69, 9.17) is 0 Å². The normalized spacial score (nSPS) is 31.6. The van der Waals surface area contributed by atoms with Gasteiger partial charge in [0, 0.05) is 23.0 Å². The van der Waals surface area contributed by atoms with Gasteiger partial charge in [-0.3, -0.25) is 4.90 Å². The zero-order valence-corrected chi connectivity index (χ0v) is 13.6. The zero-order chi connectivity index (χ0) is 13.9. The van der Waals surface area contributed by atoms with E-state index in [1.165, 1.54) is 48.7 Å². The van der Waals surface area contributed by atoms with Gasteiger partial charge in [-0.15, -0.1) is 0 Å². The molecule has 3 unspecified atom stereocenters. The van der Waals surface area contributed by atoms with Crippen LogP contribution in [0.3, 0.4) is 0 Å². The molecule has 1 aromatic carbocycles. The number of benzene rings is 1. The van der Waals surface area contributed by atoms with Gasteiger partial charge in [-0.1, -0.05) is 47.0 Å². The molecule has 20 heavy (non-hydrogen) atoms. The molecule has 3 atom stereocenters. The first-order chi connectivity index (χ1) is 9.75. The van der Waals surface area contributed by atoms with Gasteiger partial charge in [-0.25, -0.2) is 0 Å². The predicted molar refractivity (Wildman–Crippen MR) is 85.5 cm³/mol. The molecule has 0 bridgehead atoms. The molecule has 1 N–H and O–H groups in total. The molecule has 0 amide bonds. The minimum absolute atomic E-state index is 0.0696. The van der Waals surface area contributed by atoms with Crippen LogP contribution in [-0.4, -0.2) is 28.7 Å². The van der Waals surface area contributed by atoms with Crippen LogP contribution in [0.2, 0.25) is 0 Å². The molecule has 2 nitrogen and oxygen atoms in total. The molecule has 0 aromatic heterocycles. The van der Waals surface area contributed by atoms with Crippen LogP contribution in [0.1, 0.15) is 44.1 Å². The highest BCUT2D eigenvalue weighted by Gasteiger charge is 2.36. The Labute approximate surface area is 130 Å². The van der Waals surface area contributed by atoms with Crippen LogP contribution in [0.5, 0.6) is 0 Å². The number of aliphatic hydroxyl groups excluding tert-OH is 1. The van der Waals surface area contributed by atoms with Crippen molar-refractivity contribution in [1.29, 1.82) is 0 Å². The van der Waals surface area contributed by atoms with Crippen LogP contribution in [0.4, 0.5) is 0 Å². The van der Waals surface area contributed by atoms with Gasteiger partial charge in [-0.2, -0.15) is 0 Å². The quantitative estimate of drug-likeness (QED) is 0.902. The molecular weight excluding hydrogens is 314 g/mol. The van der Waals surface area contributed by atoms with Crippen LogP contribution >= 0.6 is 15.9 Å². The summed E-state index contributed by atoms with van der Waals surface area (Å²) in [6.45, 7) is 2.19. The second-order valence-corrected chi connectivity index (χ2v) is 7.14. The van der Waals surface area contributed by atoms with E-state index in [2.05, 4.69) is 45.1 Å². The number of hydrogen-bond donors (Lipinski definition) is 1. The average Bonchev–Trinajstić information content (AvgIpc) is 2.88. The van der Waals surface area contributed by atoms with Crippen molar-refractivity contribution < 1.29 is 5.11 Å². The molecule has 110 valence electrons. The Morgan fingerprint density at radius 1 is 1.10 bits per heavy atom. The van der Waals surface area contributed by atoms with E-state index in [1.54, 1.807) is 0 Å². The highest BCUT2D eigenvalue weighted by Crippen LogP contribution is 2.36. The number of rotatable bonds is 3. The standard InChI is InChI=1S/C17H24BrNO/c18-15-8-2-1-6-13(15)12-19-11-4-3-9-16(19)14-7-5-10-17(14)20/h1-2,6,8,14,16-17,20H,3-5,7,9-12H2. The summed E-state index contributed by atoms with van der Waals surface area (Å²) in [6, 6.07) is 9.10. The second-order valence-electron chi connectivity index (χ2n) is 6.29. The lowest BCUT2D eigenvalue weighted by Crippen LogP contribution is -2.45. The highest BCUT2D eigenvalue weighted by molar-refractivity contribution is 9.10. The highest BCUT2D eigenvalue weighted by atomic mass is 79.9. The maximum absolute atomic E-state index is 10.2. The SMILES string of the molecule is OC1CCCC1C1CCCCN1Cc1ccccc1Br. The van der Waals surface area contributed by atoms with Gasteiger partial charge in [0.1, 0.15) is 0 Å². The molecule has 0 spiro atoms. The molecule has 0 radical (unpaired) electrons. The summed E-state index contributed by atoms with van der Waals surface area (Å²) in [6.07, 6.45) is 7.21. The molecule has 3 rings (SSSR count). The molecule has 3 heteroatoms. The first-order valence-electron chi connectivity index (χ1n) is 7.91. The maximum Gasteiger partial charge on any atom is 0.0583 e. The van der Waals surface area contributed by atoms with Crippen LogP contribution in [0.15, 0.2) is 28.7 Å². The van der Waals surface area contributed by atoms with Crippen LogP contribution in [-0.2, 0) is 6.54 Å². The monoisotopic (exact) mass is 337 g/mol. The minimum atomic E-state index is -0.0696. The molecule has 1 aliphatic heterocycles. The van der Waals surface area contributed by atoms with Crippen molar-refractivity contribution in [3.8, 4) is 0 Å². The summed E-state index contributed by atoms with van der Waals surface area (Å²) in [5.41, 5.74) is 1.37. The minimum Gasteiger partial charge on any atom is -0.393 e. The Balaban J connectivity index is 1.74. The van der Waals surface area contributed by atoms with Crippen molar-refractivity contribution in [1.82, 2.24) is 4.90 Å². The summed E-state index contributed by atoms with van der Waals surface area (Å²) in [5.74, 6) is 0.498. The van der Waals surface area contributed by atoms with Crippen molar-refractivity contribution >= 4 is 15.9 Å². The number of likely N-dealkylation sites (tertiary alicyclic amines) is 1. The Morgan fingerprint density at radius 3 is 2.70 bits per heavy atom. The third-order valence-corrected chi connectivity index (χ3v) is 5.79. The first kappa shape index (κ1) is 14.6. The van der Waals surface area contributed by atoms with Crippen LogP contribution in [0, 0.1) is 5.92 Å². The van der Waals surface area contributed by atoms with Gasteiger partial charge in [0.15, 0.2) is 0 Å². The Hall–Kier alpha value is -0.380. The number of hydrogen-bond acceptors (Lipinski definition) is 2. The number of halogens is 1. The average molecular weight is 338 g/mol. The Bertz CT molecular complexity index is 450. The molecule has 1 saturated heterocycles. The molecular formula is C17H24BrNO. The molecule has 1 aromatic rings. The van der Waals surface area contributed by atoms with E-state index in [0.29, 0.717) is 12.0 Å². The molecule has 1 heterocycles. The second kappa shape index (κ2) is 6.59. The summed E-state index contributed by atoms with van der Waals surface area (Å²) in [5, 5.41) is 10.2. The van der Waals surface area contributed by atoms with Crippen molar-refractivity contribution in [3.63, 3.8) is 0 Å². The van der Waals surface area contributed by atoms with Gasteiger partial charge in [-0.05, 0) is 43.9 Å². The molecule has 2 fully saturated rings. The van der Waals surface area contributed by atoms with E-state index >= 15 is 0 Å². The molecule has 1 aliphatic carbocycles. The fourth-order valence-electron chi connectivity index (χ4n) is 3.96. The third-order valence-electron chi connectivity index (χ3n) is 5.02. The Morgan fingerprint density at radius 2 is 1.95 bits per heavy atom. The van der Waals surface area contributed by atoms with Crippen LogP contribution in [0.25, 0.3) is 0 Å². The molecule has 2 aliphatic rings. The first-order valence-corrected chi connectivity index (χ1v) is 8.70. The third kappa shape index (κ3) is 3.10. The lowest BCUT2D eigenvalue weighted by molar-refractivity contribution is 0.0312. The van der Waals surface area contributed by atoms with Gasteiger partial charge in [0.2, 0.25) is 0 Å². The predicted octanol–water partition coefficient (Wildman–Crippen LogP) is 3.96. The van der Waals surface area contributed by atoms with Crippen molar-refractivity contribution in [2.45, 2.75) is 57.2 Å². The molecule has 1 saturated carbocycles. The zero-order valence-electron chi connectivity index (χ0n) is 12.0. The lowest BCUT2D eigenvalue weighted by atomic mass is 9.87. The maximum atomic E-state index is 10.2. The smallest absolute Gasteiger partial charge is 0.0583 e. The van der Waals surface area contributed by atoms with Crippen molar-refractivity contribution in [2.75, 3.05) is 6.54 Å². The summed E-state index contributed by atoms with van der Waals surface area (Å²) in [4.78, 5) is 2.61. The van der Waals surface area contributed by atoms with Gasteiger partial charge in [0.25, 0.3) is 0 Å². The van der Waals surface area contributed by atoms with Gasteiger partial charge in [0.05, 0.1) is 6.10 Å². The number of aliphatic hydroxyl groups is 1. The topological polar surface area (TPSA) is 23.5 Å². The van der Waals surface area contributed by atoms with E-state index in [-0.39, 0.29) is 6.10 Å². The van der Waals surface area contributed by atoms with Gasteiger partial charge >= 0.3 is 0 Å². The Kier molecular flexibility index (Phi) is 4.79. The van der Waals surface area contributed by atoms with E-state index in [0.717, 1.165) is 13.0 Å². The fraction of sp³-hybridized carbons (Fsp3) is 0.647. The summed E-state index contributed by atoms with van der Waals surface area (Å²) >= 11 is 3.66.